The minimum atomic E-state index is -1.62. The van der Waals surface area contributed by atoms with Crippen LogP contribution in [0, 0.1) is 0 Å². The Kier molecular flexibility index (Phi) is 8.28. The van der Waals surface area contributed by atoms with Crippen molar-refractivity contribution in [3.8, 4) is 0 Å². The molecule has 222 valence electrons. The van der Waals surface area contributed by atoms with Crippen LogP contribution in [0.4, 0.5) is 16.2 Å². The van der Waals surface area contributed by atoms with Crippen LogP contribution in [0.25, 0.3) is 10.8 Å². The largest absolute Gasteiger partial charge is 0.394 e. The lowest BCUT2D eigenvalue weighted by atomic mass is 9.77. The fraction of sp³-hybridized carbons (Fsp3) is 0.367. The number of urea groups is 1. The minimum Gasteiger partial charge on any atom is -0.394 e. The highest BCUT2D eigenvalue weighted by atomic mass is 16.7. The first-order chi connectivity index (χ1) is 20.0. The quantitative estimate of drug-likeness (QED) is 0.227. The highest BCUT2D eigenvalue weighted by Gasteiger charge is 2.46. The maximum atomic E-state index is 13.5. The van der Waals surface area contributed by atoms with E-state index in [1.54, 1.807) is 32.0 Å². The highest BCUT2D eigenvalue weighted by Crippen LogP contribution is 2.36. The molecule has 0 spiro atoms. The lowest BCUT2D eigenvalue weighted by molar-refractivity contribution is -0.301. The second-order valence-corrected chi connectivity index (χ2v) is 10.8. The van der Waals surface area contributed by atoms with Crippen molar-refractivity contribution >= 4 is 40.0 Å². The Labute approximate surface area is 241 Å². The summed E-state index contributed by atoms with van der Waals surface area (Å²) in [7, 11) is 0. The van der Waals surface area contributed by atoms with E-state index in [1.807, 2.05) is 36.4 Å². The molecule has 4 amide bonds. The molecule has 1 fully saturated rings. The third-order valence-electron chi connectivity index (χ3n) is 7.69. The highest BCUT2D eigenvalue weighted by molar-refractivity contribution is 6.14. The number of carbonyl (C=O) groups is 3. The Morgan fingerprint density at radius 3 is 2.48 bits per heavy atom. The number of aliphatic hydroxyl groups excluding tert-OH is 4. The molecule has 0 radical (unpaired) electrons. The van der Waals surface area contributed by atoms with Crippen molar-refractivity contribution in [3.63, 3.8) is 0 Å². The summed E-state index contributed by atoms with van der Waals surface area (Å²) in [6.07, 6.45) is -7.31. The van der Waals surface area contributed by atoms with Crippen LogP contribution in [0.5, 0.6) is 0 Å². The number of nitrogens with one attached hydrogen (secondary N) is 2. The molecular weight excluding hydrogens is 546 g/mol. The van der Waals surface area contributed by atoms with E-state index in [4.69, 9.17) is 9.47 Å². The molecule has 2 aliphatic heterocycles. The summed E-state index contributed by atoms with van der Waals surface area (Å²) in [6.45, 7) is 2.31. The summed E-state index contributed by atoms with van der Waals surface area (Å²) in [5, 5.41) is 46.9. The smallest absolute Gasteiger partial charge is 0.323 e. The first-order valence-corrected chi connectivity index (χ1v) is 13.5. The molecule has 0 bridgehead atoms. The minimum absolute atomic E-state index is 0.200. The molecule has 12 nitrogen and oxygen atoms in total. The number of carbonyl (C=O) groups excluding carboxylic acids is 3. The van der Waals surface area contributed by atoms with Gasteiger partial charge in [0.1, 0.15) is 24.4 Å². The van der Waals surface area contributed by atoms with Crippen LogP contribution >= 0.6 is 0 Å². The molecule has 5 atom stereocenters. The van der Waals surface area contributed by atoms with Gasteiger partial charge < -0.3 is 40.5 Å². The van der Waals surface area contributed by atoms with Gasteiger partial charge in [-0.25, -0.2) is 4.79 Å². The van der Waals surface area contributed by atoms with Crippen LogP contribution in [-0.4, -0.2) is 93.6 Å². The molecule has 0 unspecified atom stereocenters. The molecule has 0 aromatic heterocycles. The number of benzene rings is 3. The van der Waals surface area contributed by atoms with Crippen molar-refractivity contribution in [1.29, 1.82) is 0 Å². The number of hydrogen-bond acceptors (Lipinski definition) is 9. The first kappa shape index (κ1) is 29.6. The zero-order chi connectivity index (χ0) is 30.2. The fourth-order valence-electron chi connectivity index (χ4n) is 5.32. The average molecular weight is 580 g/mol. The van der Waals surface area contributed by atoms with Gasteiger partial charge in [-0.05, 0) is 43.0 Å². The Bertz CT molecular complexity index is 1500. The van der Waals surface area contributed by atoms with Gasteiger partial charge in [0.25, 0.3) is 5.91 Å². The van der Waals surface area contributed by atoms with Crippen molar-refractivity contribution in [2.75, 3.05) is 30.4 Å². The Hall–Kier alpha value is -3.91. The van der Waals surface area contributed by atoms with Crippen molar-refractivity contribution in [1.82, 2.24) is 4.90 Å². The van der Waals surface area contributed by atoms with Gasteiger partial charge in [0, 0.05) is 16.6 Å². The number of hydrogen-bond donors (Lipinski definition) is 6. The molecule has 6 N–H and O–H groups in total. The number of anilines is 2. The first-order valence-electron chi connectivity index (χ1n) is 13.5. The molecule has 1 saturated heterocycles. The van der Waals surface area contributed by atoms with Gasteiger partial charge in [0.05, 0.1) is 30.9 Å². The monoisotopic (exact) mass is 579 g/mol. The second kappa shape index (κ2) is 11.8. The van der Waals surface area contributed by atoms with Crippen LogP contribution in [0.3, 0.4) is 0 Å². The molecule has 2 aliphatic rings. The molecule has 0 aliphatic carbocycles. The Balaban J connectivity index is 1.29. The summed E-state index contributed by atoms with van der Waals surface area (Å²) in [5.41, 5.74) is 0.634. The lowest BCUT2D eigenvalue weighted by Gasteiger charge is -2.40. The number of ether oxygens (including phenoxy) is 2. The van der Waals surface area contributed by atoms with E-state index in [0.29, 0.717) is 16.9 Å². The van der Waals surface area contributed by atoms with E-state index >= 15 is 0 Å². The summed E-state index contributed by atoms with van der Waals surface area (Å²) in [5.74, 6) is -1.06. The van der Waals surface area contributed by atoms with Gasteiger partial charge in [-0.3, -0.25) is 14.5 Å². The fourth-order valence-corrected chi connectivity index (χ4v) is 5.32. The van der Waals surface area contributed by atoms with Crippen LogP contribution in [-0.2, 0) is 19.7 Å². The second-order valence-electron chi connectivity index (χ2n) is 10.8. The average Bonchev–Trinajstić information content (AvgIpc) is 2.98. The van der Waals surface area contributed by atoms with Gasteiger partial charge in [0.15, 0.2) is 6.29 Å². The SMILES string of the molecule is CC1(C)C(=O)N(CCO[C@@H]2O[C@H](CO)[C@@H](O)[C@H](O)[C@H]2O)C(=O)c2cc(NC(=O)Nc3cccc4ccccc34)ccc21. The number of amides is 4. The van der Waals surface area contributed by atoms with Crippen molar-refractivity contribution in [3.05, 3.63) is 71.8 Å². The van der Waals surface area contributed by atoms with Crippen LogP contribution in [0.1, 0.15) is 29.8 Å². The summed E-state index contributed by atoms with van der Waals surface area (Å²) >= 11 is 0. The van der Waals surface area contributed by atoms with Gasteiger partial charge in [0.2, 0.25) is 5.91 Å². The van der Waals surface area contributed by atoms with Crippen LogP contribution in [0.2, 0.25) is 0 Å². The molecule has 42 heavy (non-hydrogen) atoms. The molecule has 3 aromatic carbocycles. The van der Waals surface area contributed by atoms with Gasteiger partial charge in [-0.15, -0.1) is 0 Å². The predicted octanol–water partition coefficient (Wildman–Crippen LogP) is 1.56. The standard InChI is InChI=1S/C30H33N3O9/c1-30(2)20-11-10-17(31-29(40)32-21-9-5-7-16-6-3-4-8-18(16)21)14-19(20)26(38)33(28(30)39)12-13-41-27-25(37)24(36)23(35)22(15-34)42-27/h3-11,14,22-25,27,34-37H,12-13,15H2,1-2H3,(H2,31,32,40)/t22-,23-,24+,25-,27-/m1/s1. The normalized spacial score (nSPS) is 25.3. The van der Waals surface area contributed by atoms with Gasteiger partial charge in [-0.2, -0.15) is 0 Å². The molecule has 2 heterocycles. The number of nitrogens with zero attached hydrogens (tertiary/aromatic N) is 1. The van der Waals surface area contributed by atoms with E-state index < -0.39 is 60.6 Å². The van der Waals surface area contributed by atoms with E-state index in [2.05, 4.69) is 10.6 Å². The van der Waals surface area contributed by atoms with E-state index in [0.717, 1.165) is 15.7 Å². The molecule has 3 aromatic rings. The van der Waals surface area contributed by atoms with Crippen molar-refractivity contribution in [2.24, 2.45) is 0 Å². The lowest BCUT2D eigenvalue weighted by Crippen LogP contribution is -2.59. The van der Waals surface area contributed by atoms with Gasteiger partial charge in [-0.1, -0.05) is 42.5 Å². The number of aliphatic hydroxyl groups is 4. The molecule has 5 rings (SSSR count). The van der Waals surface area contributed by atoms with E-state index in [1.165, 1.54) is 6.07 Å². The summed E-state index contributed by atoms with van der Waals surface area (Å²) in [4.78, 5) is 40.7. The molecular formula is C30H33N3O9. The maximum Gasteiger partial charge on any atom is 0.323 e. The number of imide groups is 1. The van der Waals surface area contributed by atoms with Gasteiger partial charge >= 0.3 is 6.03 Å². The third-order valence-corrected chi connectivity index (χ3v) is 7.69. The zero-order valence-corrected chi connectivity index (χ0v) is 23.1. The molecule has 0 saturated carbocycles. The summed E-state index contributed by atoms with van der Waals surface area (Å²) in [6, 6.07) is 17.5. The number of fused-ring (bicyclic) bond motifs is 2. The zero-order valence-electron chi connectivity index (χ0n) is 23.1. The van der Waals surface area contributed by atoms with Crippen molar-refractivity contribution in [2.45, 2.75) is 50.0 Å². The Morgan fingerprint density at radius 1 is 0.976 bits per heavy atom. The maximum absolute atomic E-state index is 13.5. The van der Waals surface area contributed by atoms with Crippen LogP contribution < -0.4 is 10.6 Å². The number of rotatable bonds is 7. The third kappa shape index (κ3) is 5.48. The Morgan fingerprint density at radius 2 is 1.71 bits per heavy atom. The predicted molar refractivity (Wildman–Crippen MR) is 152 cm³/mol. The molecule has 12 heteroatoms. The van der Waals surface area contributed by atoms with Crippen molar-refractivity contribution < 1.29 is 44.3 Å². The van der Waals surface area contributed by atoms with Crippen LogP contribution in [0.15, 0.2) is 60.7 Å². The van der Waals surface area contributed by atoms with E-state index in [-0.39, 0.29) is 18.7 Å². The summed E-state index contributed by atoms with van der Waals surface area (Å²) < 4.78 is 10.8. The van der Waals surface area contributed by atoms with E-state index in [9.17, 15) is 34.8 Å². The topological polar surface area (TPSA) is 178 Å².